The molecule has 4 N–H and O–H groups in total. The Kier molecular flexibility index (Phi) is 5.15. The zero-order valence-electron chi connectivity index (χ0n) is 13.9. The third-order valence-electron chi connectivity index (χ3n) is 5.21. The minimum Gasteiger partial charge on any atom is -0.368 e. The Morgan fingerprint density at radius 3 is 2.60 bits per heavy atom. The maximum absolute atomic E-state index is 14.0. The summed E-state index contributed by atoms with van der Waals surface area (Å²) in [6.07, 6.45) is 4.62. The van der Waals surface area contributed by atoms with Gasteiger partial charge >= 0.3 is 0 Å². The molecule has 0 aromatic heterocycles. The molecule has 4 nitrogen and oxygen atoms in total. The predicted molar refractivity (Wildman–Crippen MR) is 88.1 cm³/mol. The summed E-state index contributed by atoms with van der Waals surface area (Å²) >= 11 is 0. The molecular weight excluding hydrogens is 331 g/mol. The van der Waals surface area contributed by atoms with Gasteiger partial charge in [0.05, 0.1) is 6.04 Å². The molecule has 1 aliphatic carbocycles. The Hall–Kier alpha value is -1.86. The minimum absolute atomic E-state index is 0.109. The summed E-state index contributed by atoms with van der Waals surface area (Å²) in [7, 11) is 0. The van der Waals surface area contributed by atoms with Crippen LogP contribution in [0.4, 0.5) is 13.2 Å². The largest absolute Gasteiger partial charge is 0.368 e. The number of halogens is 3. The van der Waals surface area contributed by atoms with Crippen LogP contribution < -0.4 is 11.5 Å². The molecular formula is C18H22F3N3O. The first-order chi connectivity index (χ1) is 11.9. The summed E-state index contributed by atoms with van der Waals surface area (Å²) < 4.78 is 40.6. The molecule has 0 bridgehead atoms. The van der Waals surface area contributed by atoms with E-state index in [1.165, 1.54) is 0 Å². The van der Waals surface area contributed by atoms with Crippen LogP contribution in [0.1, 0.15) is 37.2 Å². The van der Waals surface area contributed by atoms with Gasteiger partial charge in [-0.25, -0.2) is 13.2 Å². The average molecular weight is 353 g/mol. The van der Waals surface area contributed by atoms with Crippen LogP contribution in [0.5, 0.6) is 0 Å². The van der Waals surface area contributed by atoms with Gasteiger partial charge < -0.3 is 11.5 Å². The number of amides is 1. The number of carbonyl (C=O) groups excluding carboxylic acids is 1. The third kappa shape index (κ3) is 3.72. The van der Waals surface area contributed by atoms with Crippen molar-refractivity contribution in [3.63, 3.8) is 0 Å². The molecule has 0 spiro atoms. The van der Waals surface area contributed by atoms with Crippen molar-refractivity contribution in [2.75, 3.05) is 13.1 Å². The van der Waals surface area contributed by atoms with Gasteiger partial charge in [-0.05, 0) is 43.9 Å². The van der Waals surface area contributed by atoms with E-state index in [0.717, 1.165) is 31.0 Å². The highest BCUT2D eigenvalue weighted by Gasteiger charge is 2.32. The van der Waals surface area contributed by atoms with E-state index >= 15 is 0 Å². The van der Waals surface area contributed by atoms with Gasteiger partial charge in [-0.1, -0.05) is 11.6 Å². The van der Waals surface area contributed by atoms with E-state index in [9.17, 15) is 18.0 Å². The number of hydrogen-bond acceptors (Lipinski definition) is 3. The monoisotopic (exact) mass is 353 g/mol. The van der Waals surface area contributed by atoms with Crippen LogP contribution in [0.15, 0.2) is 23.8 Å². The Morgan fingerprint density at radius 2 is 1.92 bits per heavy atom. The number of carbonyl (C=O) groups is 1. The van der Waals surface area contributed by atoms with Gasteiger partial charge in [0.1, 0.15) is 5.82 Å². The van der Waals surface area contributed by atoms with Crippen molar-refractivity contribution in [1.82, 2.24) is 4.90 Å². The van der Waals surface area contributed by atoms with Crippen molar-refractivity contribution in [1.29, 1.82) is 0 Å². The molecule has 1 amide bonds. The predicted octanol–water partition coefficient (Wildman–Crippen LogP) is 2.18. The fourth-order valence-corrected chi connectivity index (χ4v) is 3.90. The molecule has 1 aromatic carbocycles. The standard InChI is InChI=1S/C18H22F3N3O/c19-13-8-15(21)14(20)7-12(13)11-4-3-10(6-16(11)22)9-24-5-1-2-17(24)18(23)25/h3,7-8,11,16-17H,1-2,4-6,9,22H2,(H2,23,25)/t11?,16?,17-/m0/s1. The van der Waals surface area contributed by atoms with E-state index in [1.54, 1.807) is 0 Å². The quantitative estimate of drug-likeness (QED) is 0.644. The van der Waals surface area contributed by atoms with Crippen LogP contribution in [-0.4, -0.2) is 36.0 Å². The molecule has 25 heavy (non-hydrogen) atoms. The van der Waals surface area contributed by atoms with Crippen LogP contribution >= 0.6 is 0 Å². The second-order valence-corrected chi connectivity index (χ2v) is 6.89. The first-order valence-corrected chi connectivity index (χ1v) is 8.48. The van der Waals surface area contributed by atoms with Crippen LogP contribution in [0.25, 0.3) is 0 Å². The van der Waals surface area contributed by atoms with Crippen molar-refractivity contribution in [3.05, 3.63) is 46.8 Å². The van der Waals surface area contributed by atoms with Crippen LogP contribution in [-0.2, 0) is 4.79 Å². The lowest BCUT2D eigenvalue weighted by molar-refractivity contribution is -0.122. The van der Waals surface area contributed by atoms with E-state index in [2.05, 4.69) is 0 Å². The Bertz CT molecular complexity index is 707. The average Bonchev–Trinajstić information content (AvgIpc) is 3.00. The van der Waals surface area contributed by atoms with E-state index in [-0.39, 0.29) is 17.5 Å². The van der Waals surface area contributed by atoms with Gasteiger partial charge in [-0.15, -0.1) is 0 Å². The molecule has 1 heterocycles. The van der Waals surface area contributed by atoms with Crippen LogP contribution in [0.3, 0.4) is 0 Å². The Labute approximate surface area is 144 Å². The van der Waals surface area contributed by atoms with E-state index < -0.39 is 29.4 Å². The highest BCUT2D eigenvalue weighted by Crippen LogP contribution is 2.34. The molecule has 0 saturated carbocycles. The molecule has 3 atom stereocenters. The van der Waals surface area contributed by atoms with Gasteiger partial charge in [0.15, 0.2) is 11.6 Å². The van der Waals surface area contributed by atoms with Gasteiger partial charge in [0, 0.05) is 24.6 Å². The lowest BCUT2D eigenvalue weighted by atomic mass is 9.80. The van der Waals surface area contributed by atoms with Crippen LogP contribution in [0.2, 0.25) is 0 Å². The molecule has 136 valence electrons. The topological polar surface area (TPSA) is 72.4 Å². The lowest BCUT2D eigenvalue weighted by Crippen LogP contribution is -2.42. The maximum Gasteiger partial charge on any atom is 0.234 e. The van der Waals surface area contributed by atoms with Gasteiger partial charge in [0.25, 0.3) is 0 Å². The van der Waals surface area contributed by atoms with Gasteiger partial charge in [0.2, 0.25) is 5.91 Å². The number of likely N-dealkylation sites (tertiary alicyclic amines) is 1. The van der Waals surface area contributed by atoms with Gasteiger partial charge in [-0.2, -0.15) is 0 Å². The molecule has 1 aromatic rings. The van der Waals surface area contributed by atoms with Crippen molar-refractivity contribution < 1.29 is 18.0 Å². The number of benzene rings is 1. The smallest absolute Gasteiger partial charge is 0.234 e. The number of nitrogens with two attached hydrogens (primary N) is 2. The zero-order valence-corrected chi connectivity index (χ0v) is 13.9. The molecule has 1 aliphatic heterocycles. The molecule has 1 saturated heterocycles. The normalized spacial score (nSPS) is 27.4. The van der Waals surface area contributed by atoms with Crippen LogP contribution in [0, 0.1) is 17.5 Å². The SMILES string of the molecule is NC(=O)[C@@H]1CCCN1CC1=CCC(c2cc(F)c(F)cc2F)C(N)C1. The highest BCUT2D eigenvalue weighted by molar-refractivity contribution is 5.80. The summed E-state index contributed by atoms with van der Waals surface area (Å²) in [5.41, 5.74) is 12.8. The summed E-state index contributed by atoms with van der Waals surface area (Å²) in [5.74, 6) is -3.76. The zero-order chi connectivity index (χ0) is 18.1. The summed E-state index contributed by atoms with van der Waals surface area (Å²) in [4.78, 5) is 13.5. The number of allylic oxidation sites excluding steroid dienone is 1. The third-order valence-corrected chi connectivity index (χ3v) is 5.21. The second kappa shape index (κ2) is 7.17. The summed E-state index contributed by atoms with van der Waals surface area (Å²) in [6.45, 7) is 1.41. The lowest BCUT2D eigenvalue weighted by Gasteiger charge is -2.32. The summed E-state index contributed by atoms with van der Waals surface area (Å²) in [6, 6.07) is 0.822. The molecule has 2 aliphatic rings. The van der Waals surface area contributed by atoms with Gasteiger partial charge in [-0.3, -0.25) is 9.69 Å². The number of hydrogen-bond donors (Lipinski definition) is 2. The molecule has 2 unspecified atom stereocenters. The summed E-state index contributed by atoms with van der Waals surface area (Å²) in [5, 5.41) is 0. The molecule has 1 fully saturated rings. The first-order valence-electron chi connectivity index (χ1n) is 8.48. The van der Waals surface area contributed by atoms with E-state index in [0.29, 0.717) is 25.5 Å². The maximum atomic E-state index is 14.0. The fraction of sp³-hybridized carbons (Fsp3) is 0.500. The minimum atomic E-state index is -1.20. The Balaban J connectivity index is 1.73. The Morgan fingerprint density at radius 1 is 1.20 bits per heavy atom. The van der Waals surface area contributed by atoms with Crippen molar-refractivity contribution in [2.45, 2.75) is 43.7 Å². The number of primary amides is 1. The molecule has 0 radical (unpaired) electrons. The first kappa shape index (κ1) is 17.9. The fourth-order valence-electron chi connectivity index (χ4n) is 3.90. The highest BCUT2D eigenvalue weighted by atomic mass is 19.2. The number of nitrogens with zero attached hydrogens (tertiary/aromatic N) is 1. The number of rotatable bonds is 4. The van der Waals surface area contributed by atoms with E-state index in [1.807, 2.05) is 11.0 Å². The van der Waals surface area contributed by atoms with Crippen molar-refractivity contribution >= 4 is 5.91 Å². The molecule has 3 rings (SSSR count). The van der Waals surface area contributed by atoms with Crippen molar-refractivity contribution in [3.8, 4) is 0 Å². The second-order valence-electron chi connectivity index (χ2n) is 6.89. The van der Waals surface area contributed by atoms with Crippen molar-refractivity contribution in [2.24, 2.45) is 11.5 Å². The van der Waals surface area contributed by atoms with E-state index in [4.69, 9.17) is 11.5 Å². The molecule has 7 heteroatoms.